The number of nitrogens with zero attached hydrogens (tertiary/aromatic N) is 1. The van der Waals surface area contributed by atoms with Crippen molar-refractivity contribution >= 4 is 29.3 Å². The molecule has 8 nitrogen and oxygen atoms in total. The molecule has 0 bridgehead atoms. The van der Waals surface area contributed by atoms with Crippen molar-refractivity contribution in [2.75, 3.05) is 6.61 Å². The number of ether oxygens (including phenoxy) is 3. The molecule has 0 amide bonds. The van der Waals surface area contributed by atoms with Crippen LogP contribution in [0.15, 0.2) is 21.9 Å². The van der Waals surface area contributed by atoms with Gasteiger partial charge in [0.15, 0.2) is 12.0 Å². The first-order valence-electron chi connectivity index (χ1n) is 6.84. The molecule has 2 fully saturated rings. The van der Waals surface area contributed by atoms with Gasteiger partial charge in [-0.3, -0.25) is 14.3 Å². The molecule has 0 saturated carbocycles. The van der Waals surface area contributed by atoms with Gasteiger partial charge in [0, 0.05) is 12.3 Å². The van der Waals surface area contributed by atoms with Crippen molar-refractivity contribution in [1.29, 1.82) is 0 Å². The van der Waals surface area contributed by atoms with Gasteiger partial charge in [-0.2, -0.15) is 0 Å². The van der Waals surface area contributed by atoms with Crippen LogP contribution in [0.5, 0.6) is 0 Å². The number of hydrogen-bond donors (Lipinski definition) is 1. The molecule has 0 aromatic carbocycles. The van der Waals surface area contributed by atoms with Crippen molar-refractivity contribution in [3.63, 3.8) is 0 Å². The van der Waals surface area contributed by atoms with E-state index in [1.54, 1.807) is 13.8 Å². The molecule has 128 valence electrons. The summed E-state index contributed by atoms with van der Waals surface area (Å²) in [6.45, 7) is 2.06. The Morgan fingerprint density at radius 3 is 2.70 bits per heavy atom. The molecule has 23 heavy (non-hydrogen) atoms. The van der Waals surface area contributed by atoms with Gasteiger partial charge in [0.25, 0.3) is 5.56 Å². The number of aromatic nitrogens is 2. The van der Waals surface area contributed by atoms with Crippen molar-refractivity contribution in [1.82, 2.24) is 9.55 Å². The van der Waals surface area contributed by atoms with E-state index in [0.29, 0.717) is 0 Å². The van der Waals surface area contributed by atoms with Gasteiger partial charge < -0.3 is 18.7 Å². The van der Waals surface area contributed by atoms with Gasteiger partial charge in [-0.25, -0.2) is 4.79 Å². The SMILES string of the molecule is CC1(C)O[C@@H]2[C@H](O1)[C@@H](COP(Cl)Cl)O[C@H]2n1ccc(=O)[nH]c1=O. The van der Waals surface area contributed by atoms with Crippen LogP contribution < -0.4 is 11.2 Å². The predicted molar refractivity (Wildman–Crippen MR) is 83.6 cm³/mol. The highest BCUT2D eigenvalue weighted by Crippen LogP contribution is 2.49. The molecular formula is C12H15Cl2N2O6P. The summed E-state index contributed by atoms with van der Waals surface area (Å²) in [4.78, 5) is 25.4. The Balaban J connectivity index is 1.88. The van der Waals surface area contributed by atoms with Crippen LogP contribution in [0.1, 0.15) is 20.1 Å². The second-order valence-electron chi connectivity index (χ2n) is 5.64. The molecule has 3 heterocycles. The van der Waals surface area contributed by atoms with Gasteiger partial charge in [0.05, 0.1) is 6.61 Å². The zero-order valence-electron chi connectivity index (χ0n) is 12.3. The highest BCUT2D eigenvalue weighted by molar-refractivity contribution is 8.00. The minimum absolute atomic E-state index is 0.105. The summed E-state index contributed by atoms with van der Waals surface area (Å²) in [5, 5.41) is 0. The smallest absolute Gasteiger partial charge is 0.330 e. The van der Waals surface area contributed by atoms with Gasteiger partial charge in [-0.15, -0.1) is 0 Å². The lowest BCUT2D eigenvalue weighted by atomic mass is 10.1. The van der Waals surface area contributed by atoms with Crippen molar-refractivity contribution in [2.24, 2.45) is 0 Å². The molecule has 0 unspecified atom stereocenters. The third kappa shape index (κ3) is 3.64. The van der Waals surface area contributed by atoms with Crippen LogP contribution in [0, 0.1) is 0 Å². The standard InChI is InChI=1S/C12H15Cl2N2O6P/c1-12(2)21-8-6(5-19-23(13)14)20-10(9(8)22-12)16-4-3-7(17)15-11(16)18/h3-4,6,8-10H,5H2,1-2H3,(H,15,17,18)/t6-,8-,9-,10-/m1/s1. The van der Waals surface area contributed by atoms with Crippen molar-refractivity contribution in [3.8, 4) is 0 Å². The summed E-state index contributed by atoms with van der Waals surface area (Å²) in [6.07, 6.45) is -0.877. The lowest BCUT2D eigenvalue weighted by Crippen LogP contribution is -2.37. The average molecular weight is 385 g/mol. The number of halogens is 2. The maximum absolute atomic E-state index is 12.0. The molecular weight excluding hydrogens is 370 g/mol. The fraction of sp³-hybridized carbons (Fsp3) is 0.667. The largest absolute Gasteiger partial charge is 0.346 e. The lowest BCUT2D eigenvalue weighted by Gasteiger charge is -2.24. The third-order valence-corrected chi connectivity index (χ3v) is 4.52. The molecule has 3 rings (SSSR count). The van der Waals surface area contributed by atoms with Crippen molar-refractivity contribution < 1.29 is 18.7 Å². The molecule has 0 radical (unpaired) electrons. The average Bonchev–Trinajstić information content (AvgIpc) is 2.90. The van der Waals surface area contributed by atoms with Crippen LogP contribution in [0.2, 0.25) is 0 Å². The summed E-state index contributed by atoms with van der Waals surface area (Å²) in [5.41, 5.74) is -1.08. The summed E-state index contributed by atoms with van der Waals surface area (Å²) in [7, 11) is 0. The lowest BCUT2D eigenvalue weighted by molar-refractivity contribution is -0.199. The topological polar surface area (TPSA) is 91.8 Å². The van der Waals surface area contributed by atoms with Crippen LogP contribution in [-0.4, -0.2) is 40.3 Å². The van der Waals surface area contributed by atoms with Crippen LogP contribution in [0.3, 0.4) is 0 Å². The fourth-order valence-electron chi connectivity index (χ4n) is 2.77. The van der Waals surface area contributed by atoms with E-state index in [4.69, 9.17) is 41.2 Å². The van der Waals surface area contributed by atoms with Crippen molar-refractivity contribution in [3.05, 3.63) is 33.1 Å². The molecule has 4 atom stereocenters. The van der Waals surface area contributed by atoms with Crippen LogP contribution in [-0.2, 0) is 18.7 Å². The second-order valence-corrected chi connectivity index (χ2v) is 8.67. The van der Waals surface area contributed by atoms with E-state index in [9.17, 15) is 9.59 Å². The maximum Gasteiger partial charge on any atom is 0.330 e. The zero-order chi connectivity index (χ0) is 16.8. The molecule has 2 aliphatic rings. The number of fused-ring (bicyclic) bond motifs is 1. The number of H-pyrrole nitrogens is 1. The van der Waals surface area contributed by atoms with E-state index in [2.05, 4.69) is 4.98 Å². The number of hydrogen-bond acceptors (Lipinski definition) is 6. The zero-order valence-corrected chi connectivity index (χ0v) is 14.7. The van der Waals surface area contributed by atoms with E-state index in [1.807, 2.05) is 0 Å². The van der Waals surface area contributed by atoms with Gasteiger partial charge in [0.2, 0.25) is 6.85 Å². The highest BCUT2D eigenvalue weighted by atomic mass is 35.9. The van der Waals surface area contributed by atoms with Gasteiger partial charge >= 0.3 is 5.69 Å². The summed E-state index contributed by atoms with van der Waals surface area (Å²) < 4.78 is 24.0. The van der Waals surface area contributed by atoms with E-state index in [0.717, 1.165) is 0 Å². The minimum atomic E-state index is -1.59. The summed E-state index contributed by atoms with van der Waals surface area (Å²) in [6, 6.07) is 1.24. The van der Waals surface area contributed by atoms with E-state index < -0.39 is 48.4 Å². The second kappa shape index (κ2) is 6.44. The molecule has 0 aliphatic carbocycles. The van der Waals surface area contributed by atoms with Crippen LogP contribution in [0.25, 0.3) is 0 Å². The molecule has 11 heteroatoms. The van der Waals surface area contributed by atoms with Crippen LogP contribution >= 0.6 is 29.3 Å². The quantitative estimate of drug-likeness (QED) is 0.793. The Kier molecular flexibility index (Phi) is 4.86. The molecule has 2 saturated heterocycles. The Hall–Kier alpha value is -0.470. The summed E-state index contributed by atoms with van der Waals surface area (Å²) >= 11 is 11.3. The van der Waals surface area contributed by atoms with E-state index in [1.165, 1.54) is 16.8 Å². The number of aromatic amines is 1. The van der Waals surface area contributed by atoms with Gasteiger partial charge in [0.1, 0.15) is 18.3 Å². The molecule has 1 aromatic rings. The first-order valence-corrected chi connectivity index (χ1v) is 9.91. The number of nitrogens with one attached hydrogen (secondary N) is 1. The first kappa shape index (κ1) is 17.4. The monoisotopic (exact) mass is 384 g/mol. The Morgan fingerprint density at radius 1 is 1.35 bits per heavy atom. The Bertz CT molecular complexity index is 693. The van der Waals surface area contributed by atoms with E-state index >= 15 is 0 Å². The maximum atomic E-state index is 12.0. The first-order chi connectivity index (χ1) is 10.8. The molecule has 2 aliphatic heterocycles. The normalized spacial score (nSPS) is 32.4. The van der Waals surface area contributed by atoms with Crippen molar-refractivity contribution in [2.45, 2.75) is 44.2 Å². The summed E-state index contributed by atoms with van der Waals surface area (Å²) in [5.74, 6) is -0.825. The van der Waals surface area contributed by atoms with Gasteiger partial charge in [-0.1, -0.05) is 0 Å². The predicted octanol–water partition coefficient (Wildman–Crippen LogP) is 1.68. The molecule has 0 spiro atoms. The van der Waals surface area contributed by atoms with Crippen LogP contribution in [0.4, 0.5) is 0 Å². The Morgan fingerprint density at radius 2 is 2.04 bits per heavy atom. The minimum Gasteiger partial charge on any atom is -0.346 e. The molecule has 1 N–H and O–H groups in total. The third-order valence-electron chi connectivity index (χ3n) is 3.59. The fourth-order valence-corrected chi connectivity index (χ4v) is 3.37. The number of rotatable bonds is 4. The van der Waals surface area contributed by atoms with Gasteiger partial charge in [-0.05, 0) is 36.3 Å². The molecule has 1 aromatic heterocycles. The Labute approximate surface area is 142 Å². The highest BCUT2D eigenvalue weighted by Gasteiger charge is 2.56. The van der Waals surface area contributed by atoms with E-state index in [-0.39, 0.29) is 6.61 Å².